The second-order valence-corrected chi connectivity index (χ2v) is 20.4. The summed E-state index contributed by atoms with van der Waals surface area (Å²) in [5.41, 5.74) is -1.17. The van der Waals surface area contributed by atoms with Crippen LogP contribution in [0.2, 0.25) is 8.87 Å². The summed E-state index contributed by atoms with van der Waals surface area (Å²) in [7, 11) is 0. The van der Waals surface area contributed by atoms with Gasteiger partial charge >= 0.3 is 199 Å². The van der Waals surface area contributed by atoms with E-state index >= 15 is 0 Å². The molecule has 0 atom stereocenters. The van der Waals surface area contributed by atoms with Gasteiger partial charge in [-0.3, -0.25) is 0 Å². The zero-order chi connectivity index (χ0) is 24.0. The van der Waals surface area contributed by atoms with Crippen molar-refractivity contribution in [1.82, 2.24) is 0 Å². The van der Waals surface area contributed by atoms with Gasteiger partial charge in [-0.2, -0.15) is 0 Å². The van der Waals surface area contributed by atoms with E-state index < -0.39 is 30.0 Å². The van der Waals surface area contributed by atoms with Gasteiger partial charge in [0.1, 0.15) is 0 Å². The van der Waals surface area contributed by atoms with Crippen molar-refractivity contribution in [2.24, 2.45) is 10.8 Å². The molecule has 0 aromatic carbocycles. The first-order chi connectivity index (χ1) is 14.4. The standard InChI is InChI=1S/2C8H17.2C5H10O2.Sn/c2*1-3-5-7-8-6-4-2;2*1-5(2,3)4(6)7;/h2*1,3-8H2,2H3;2*1-3H3,(H,6,7);/q;;;;+2/p-2. The molecule has 0 radical (unpaired) electrons. The first-order valence-corrected chi connectivity index (χ1v) is 19.2. The topological polar surface area (TPSA) is 52.6 Å². The molecule has 0 saturated carbocycles. The number of hydrogen-bond donors (Lipinski definition) is 0. The Balaban J connectivity index is 5.37. The Labute approximate surface area is 198 Å². The molecule has 0 N–H and O–H groups in total. The van der Waals surface area contributed by atoms with Crippen LogP contribution in [0.5, 0.6) is 0 Å². The van der Waals surface area contributed by atoms with Gasteiger partial charge in [0.25, 0.3) is 0 Å². The maximum atomic E-state index is 12.9. The molecule has 0 aromatic rings. The van der Waals surface area contributed by atoms with E-state index in [2.05, 4.69) is 13.8 Å². The molecule has 0 bridgehead atoms. The fourth-order valence-electron chi connectivity index (χ4n) is 3.34. The van der Waals surface area contributed by atoms with Crippen molar-refractivity contribution in [3.8, 4) is 0 Å². The summed E-state index contributed by atoms with van der Waals surface area (Å²) < 4.78 is 14.1. The van der Waals surface area contributed by atoms with E-state index in [9.17, 15) is 9.59 Å². The zero-order valence-electron chi connectivity index (χ0n) is 22.0. The molecular weight excluding hydrogens is 495 g/mol. The molecule has 0 fully saturated rings. The van der Waals surface area contributed by atoms with Gasteiger partial charge in [0.15, 0.2) is 0 Å². The van der Waals surface area contributed by atoms with Crippen LogP contribution in [0.1, 0.15) is 132 Å². The van der Waals surface area contributed by atoms with Crippen LogP contribution in [-0.2, 0) is 15.7 Å². The van der Waals surface area contributed by atoms with Gasteiger partial charge in [0.2, 0.25) is 0 Å². The van der Waals surface area contributed by atoms with Crippen LogP contribution in [0.3, 0.4) is 0 Å². The van der Waals surface area contributed by atoms with E-state index in [-0.39, 0.29) is 11.9 Å². The predicted molar refractivity (Wildman–Crippen MR) is 133 cm³/mol. The van der Waals surface area contributed by atoms with Crippen molar-refractivity contribution in [1.29, 1.82) is 0 Å². The number of carbonyl (C=O) groups excluding carboxylic acids is 2. The van der Waals surface area contributed by atoms with Gasteiger partial charge in [-0.05, 0) is 0 Å². The van der Waals surface area contributed by atoms with E-state index in [1.165, 1.54) is 51.4 Å². The molecular formula is C26H52O4Sn. The number of hydrogen-bond acceptors (Lipinski definition) is 4. The Morgan fingerprint density at radius 1 is 0.548 bits per heavy atom. The quantitative estimate of drug-likeness (QED) is 0.144. The van der Waals surface area contributed by atoms with Crippen LogP contribution in [0.25, 0.3) is 0 Å². The summed E-state index contributed by atoms with van der Waals surface area (Å²) >= 11 is -3.91. The van der Waals surface area contributed by atoms with Crippen molar-refractivity contribution >= 4 is 31.1 Å². The normalized spacial score (nSPS) is 12.6. The summed E-state index contributed by atoms with van der Waals surface area (Å²) in [4.78, 5) is 25.8. The predicted octanol–water partition coefficient (Wildman–Crippen LogP) is 8.33. The van der Waals surface area contributed by atoms with Crippen molar-refractivity contribution < 1.29 is 15.7 Å². The maximum absolute atomic E-state index is 12.9. The average molecular weight is 547 g/mol. The summed E-state index contributed by atoms with van der Waals surface area (Å²) in [5.74, 6) is -0.413. The van der Waals surface area contributed by atoms with Gasteiger partial charge < -0.3 is 0 Å². The molecule has 0 rings (SSSR count). The third kappa shape index (κ3) is 14.5. The van der Waals surface area contributed by atoms with Crippen molar-refractivity contribution in [2.75, 3.05) is 0 Å². The minimum atomic E-state index is -3.91. The third-order valence-electron chi connectivity index (χ3n) is 5.60. The van der Waals surface area contributed by atoms with E-state index in [1.807, 2.05) is 41.5 Å². The second kappa shape index (κ2) is 15.6. The van der Waals surface area contributed by atoms with E-state index in [1.54, 1.807) is 0 Å². The Bertz CT molecular complexity index is 457. The molecule has 0 heterocycles. The van der Waals surface area contributed by atoms with E-state index in [4.69, 9.17) is 6.15 Å². The van der Waals surface area contributed by atoms with Crippen LogP contribution in [0, 0.1) is 10.8 Å². The fraction of sp³-hybridized carbons (Fsp3) is 0.923. The summed E-state index contributed by atoms with van der Waals surface area (Å²) in [6.07, 6.45) is 14.1. The van der Waals surface area contributed by atoms with Gasteiger partial charge in [-0.1, -0.05) is 0 Å². The first kappa shape index (κ1) is 30.7. The monoisotopic (exact) mass is 548 g/mol. The molecule has 5 heteroatoms. The van der Waals surface area contributed by atoms with Gasteiger partial charge in [-0.15, -0.1) is 0 Å². The molecule has 0 saturated heterocycles. The minimum absolute atomic E-state index is 0.207. The SMILES string of the molecule is CCCCCCC[CH2][Sn]([CH2]CCCCCCC)([O]C(=O)C(C)(C)C)[O]C(=O)C(C)(C)C. The summed E-state index contributed by atoms with van der Waals surface area (Å²) in [5, 5.41) is 0. The molecule has 0 aromatic heterocycles. The molecule has 184 valence electrons. The Kier molecular flexibility index (Phi) is 15.4. The Hall–Kier alpha value is -0.261. The Morgan fingerprint density at radius 3 is 1.13 bits per heavy atom. The number of carbonyl (C=O) groups is 2. The fourth-order valence-corrected chi connectivity index (χ4v) is 13.5. The Morgan fingerprint density at radius 2 is 0.839 bits per heavy atom. The molecule has 0 spiro atoms. The summed E-state index contributed by atoms with van der Waals surface area (Å²) in [6.45, 7) is 15.7. The molecule has 4 nitrogen and oxygen atoms in total. The second-order valence-electron chi connectivity index (χ2n) is 11.2. The molecule has 0 aliphatic carbocycles. The molecule has 31 heavy (non-hydrogen) atoms. The molecule has 0 amide bonds. The van der Waals surface area contributed by atoms with Crippen molar-refractivity contribution in [3.63, 3.8) is 0 Å². The van der Waals surface area contributed by atoms with Gasteiger partial charge in [-0.25, -0.2) is 0 Å². The molecule has 0 aliphatic rings. The summed E-state index contributed by atoms with van der Waals surface area (Å²) in [6, 6.07) is 0. The van der Waals surface area contributed by atoms with Crippen LogP contribution in [-0.4, -0.2) is 31.1 Å². The van der Waals surface area contributed by atoms with Crippen molar-refractivity contribution in [2.45, 2.75) is 141 Å². The van der Waals surface area contributed by atoms with E-state index in [0.29, 0.717) is 0 Å². The first-order valence-electron chi connectivity index (χ1n) is 12.8. The van der Waals surface area contributed by atoms with Crippen LogP contribution in [0.4, 0.5) is 0 Å². The third-order valence-corrected chi connectivity index (χ3v) is 15.2. The van der Waals surface area contributed by atoms with Crippen molar-refractivity contribution in [3.05, 3.63) is 0 Å². The van der Waals surface area contributed by atoms with Gasteiger partial charge in [0, 0.05) is 0 Å². The van der Waals surface area contributed by atoms with Crippen LogP contribution >= 0.6 is 0 Å². The van der Waals surface area contributed by atoms with Crippen LogP contribution in [0.15, 0.2) is 0 Å². The van der Waals surface area contributed by atoms with E-state index in [0.717, 1.165) is 34.6 Å². The zero-order valence-corrected chi connectivity index (χ0v) is 24.9. The van der Waals surface area contributed by atoms with Gasteiger partial charge in [0.05, 0.1) is 0 Å². The average Bonchev–Trinajstić information content (AvgIpc) is 2.65. The number of unbranched alkanes of at least 4 members (excludes halogenated alkanes) is 10. The molecule has 0 aliphatic heterocycles. The molecule has 0 unspecified atom stereocenters. The number of rotatable bonds is 16. The van der Waals surface area contributed by atoms with Crippen LogP contribution < -0.4 is 0 Å².